The molecule has 1 fully saturated rings. The normalized spacial score (nSPS) is 21.9. The molecule has 17 heavy (non-hydrogen) atoms. The lowest BCUT2D eigenvalue weighted by molar-refractivity contribution is 0.590. The Hall–Kier alpha value is -1.09. The minimum atomic E-state index is -0.139. The summed E-state index contributed by atoms with van der Waals surface area (Å²) in [6, 6.07) is 5.55. The molecule has 94 valence electrons. The summed E-state index contributed by atoms with van der Waals surface area (Å²) in [7, 11) is 0. The Labute approximate surface area is 103 Å². The maximum atomic E-state index is 14.1. The van der Waals surface area contributed by atoms with Crippen molar-refractivity contribution in [2.75, 3.05) is 11.4 Å². The van der Waals surface area contributed by atoms with E-state index in [2.05, 4.69) is 11.8 Å². The summed E-state index contributed by atoms with van der Waals surface area (Å²) >= 11 is 0. The van der Waals surface area contributed by atoms with Gasteiger partial charge in [0.1, 0.15) is 5.82 Å². The Morgan fingerprint density at radius 3 is 2.94 bits per heavy atom. The van der Waals surface area contributed by atoms with E-state index in [1.807, 2.05) is 13.0 Å². The maximum absolute atomic E-state index is 14.1. The highest BCUT2D eigenvalue weighted by Gasteiger charge is 2.27. The number of nitrogens with two attached hydrogens (primary N) is 1. The van der Waals surface area contributed by atoms with E-state index in [0.717, 1.165) is 37.1 Å². The topological polar surface area (TPSA) is 29.3 Å². The van der Waals surface area contributed by atoms with Crippen molar-refractivity contribution >= 4 is 5.69 Å². The zero-order valence-corrected chi connectivity index (χ0v) is 10.6. The fourth-order valence-electron chi connectivity index (χ4n) is 2.76. The summed E-state index contributed by atoms with van der Waals surface area (Å²) in [5.41, 5.74) is 7.59. The van der Waals surface area contributed by atoms with Gasteiger partial charge < -0.3 is 10.6 Å². The average Bonchev–Trinajstić information content (AvgIpc) is 2.76. The second-order valence-electron chi connectivity index (χ2n) is 4.86. The Balaban J connectivity index is 2.42. The van der Waals surface area contributed by atoms with Gasteiger partial charge in [-0.3, -0.25) is 0 Å². The standard InChI is InChI=1S/C14H21FN2/c1-3-11-6-5-9-17(11)14-12(10(2)16)7-4-8-13(14)15/h4,7-8,10-11H,3,5-6,9,16H2,1-2H3/t10-,11?/m0/s1. The maximum Gasteiger partial charge on any atom is 0.146 e. The third-order valence-electron chi connectivity index (χ3n) is 3.64. The number of rotatable bonds is 3. The van der Waals surface area contributed by atoms with Gasteiger partial charge in [0.2, 0.25) is 0 Å². The van der Waals surface area contributed by atoms with Crippen LogP contribution >= 0.6 is 0 Å². The molecule has 2 N–H and O–H groups in total. The van der Waals surface area contributed by atoms with Gasteiger partial charge in [-0.25, -0.2) is 4.39 Å². The van der Waals surface area contributed by atoms with Crippen LogP contribution in [0, 0.1) is 5.82 Å². The number of para-hydroxylation sites is 1. The van der Waals surface area contributed by atoms with Crippen molar-refractivity contribution in [2.45, 2.75) is 45.2 Å². The molecule has 0 radical (unpaired) electrons. The number of benzene rings is 1. The first-order valence-corrected chi connectivity index (χ1v) is 6.45. The molecule has 0 aromatic heterocycles. The van der Waals surface area contributed by atoms with E-state index in [9.17, 15) is 4.39 Å². The van der Waals surface area contributed by atoms with Crippen LogP contribution in [-0.2, 0) is 0 Å². The van der Waals surface area contributed by atoms with E-state index in [0.29, 0.717) is 6.04 Å². The summed E-state index contributed by atoms with van der Waals surface area (Å²) in [5.74, 6) is -0.139. The fourth-order valence-corrected chi connectivity index (χ4v) is 2.76. The monoisotopic (exact) mass is 236 g/mol. The van der Waals surface area contributed by atoms with E-state index in [1.165, 1.54) is 6.07 Å². The molecule has 3 heteroatoms. The minimum absolute atomic E-state index is 0.126. The van der Waals surface area contributed by atoms with Crippen molar-refractivity contribution in [2.24, 2.45) is 5.73 Å². The van der Waals surface area contributed by atoms with Crippen LogP contribution in [0.5, 0.6) is 0 Å². The van der Waals surface area contributed by atoms with Crippen LogP contribution in [-0.4, -0.2) is 12.6 Å². The van der Waals surface area contributed by atoms with Gasteiger partial charge in [0, 0.05) is 18.6 Å². The molecule has 1 aromatic rings. The third kappa shape index (κ3) is 2.29. The van der Waals surface area contributed by atoms with Crippen LogP contribution in [0.2, 0.25) is 0 Å². The zero-order valence-electron chi connectivity index (χ0n) is 10.6. The van der Waals surface area contributed by atoms with Crippen LogP contribution in [0.25, 0.3) is 0 Å². The zero-order chi connectivity index (χ0) is 12.4. The van der Waals surface area contributed by atoms with Crippen molar-refractivity contribution in [1.29, 1.82) is 0 Å². The quantitative estimate of drug-likeness (QED) is 0.873. The molecule has 0 bridgehead atoms. The van der Waals surface area contributed by atoms with Crippen LogP contribution in [0.1, 0.15) is 44.7 Å². The third-order valence-corrected chi connectivity index (χ3v) is 3.64. The van der Waals surface area contributed by atoms with Crippen molar-refractivity contribution in [3.05, 3.63) is 29.6 Å². The smallest absolute Gasteiger partial charge is 0.146 e. The molecule has 0 saturated carbocycles. The van der Waals surface area contributed by atoms with Crippen LogP contribution in [0.3, 0.4) is 0 Å². The van der Waals surface area contributed by atoms with Crippen molar-refractivity contribution in [3.8, 4) is 0 Å². The van der Waals surface area contributed by atoms with Gasteiger partial charge in [-0.05, 0) is 37.8 Å². The molecule has 1 unspecified atom stereocenters. The SMILES string of the molecule is CCC1CCCN1c1c(F)cccc1[C@H](C)N. The molecule has 0 amide bonds. The Kier molecular flexibility index (Phi) is 3.67. The molecule has 1 aromatic carbocycles. The number of hydrogen-bond acceptors (Lipinski definition) is 2. The molecule has 2 rings (SSSR count). The summed E-state index contributed by atoms with van der Waals surface area (Å²) < 4.78 is 14.1. The van der Waals surface area contributed by atoms with Gasteiger partial charge in [0.25, 0.3) is 0 Å². The van der Waals surface area contributed by atoms with E-state index >= 15 is 0 Å². The van der Waals surface area contributed by atoms with E-state index in [-0.39, 0.29) is 11.9 Å². The van der Waals surface area contributed by atoms with Crippen molar-refractivity contribution in [1.82, 2.24) is 0 Å². The summed E-state index contributed by atoms with van der Waals surface area (Å²) in [4.78, 5) is 2.20. The number of anilines is 1. The first-order chi connectivity index (χ1) is 8.15. The van der Waals surface area contributed by atoms with Crippen LogP contribution < -0.4 is 10.6 Å². The first-order valence-electron chi connectivity index (χ1n) is 6.45. The summed E-state index contributed by atoms with van der Waals surface area (Å²) in [6.07, 6.45) is 3.36. The van der Waals surface area contributed by atoms with Gasteiger partial charge in [-0.15, -0.1) is 0 Å². The molecule has 2 atom stereocenters. The molecular weight excluding hydrogens is 215 g/mol. The highest BCUT2D eigenvalue weighted by atomic mass is 19.1. The lowest BCUT2D eigenvalue weighted by Crippen LogP contribution is -2.31. The lowest BCUT2D eigenvalue weighted by atomic mass is 10.0. The predicted molar refractivity (Wildman–Crippen MR) is 69.7 cm³/mol. The van der Waals surface area contributed by atoms with E-state index in [4.69, 9.17) is 5.73 Å². The van der Waals surface area contributed by atoms with E-state index in [1.54, 1.807) is 6.07 Å². The molecule has 1 heterocycles. The minimum Gasteiger partial charge on any atom is -0.366 e. The second kappa shape index (κ2) is 5.05. The number of halogens is 1. The number of nitrogens with zero attached hydrogens (tertiary/aromatic N) is 1. The molecule has 0 spiro atoms. The van der Waals surface area contributed by atoms with Crippen LogP contribution in [0.15, 0.2) is 18.2 Å². The average molecular weight is 236 g/mol. The first kappa shape index (κ1) is 12.4. The summed E-state index contributed by atoms with van der Waals surface area (Å²) in [6.45, 7) is 5.02. The summed E-state index contributed by atoms with van der Waals surface area (Å²) in [5, 5.41) is 0. The van der Waals surface area contributed by atoms with Crippen LogP contribution in [0.4, 0.5) is 10.1 Å². The van der Waals surface area contributed by atoms with Gasteiger partial charge >= 0.3 is 0 Å². The lowest BCUT2D eigenvalue weighted by Gasteiger charge is -2.29. The fraction of sp³-hybridized carbons (Fsp3) is 0.571. The highest BCUT2D eigenvalue weighted by molar-refractivity contribution is 5.57. The molecule has 2 nitrogen and oxygen atoms in total. The molecule has 1 saturated heterocycles. The Morgan fingerprint density at radius 1 is 1.53 bits per heavy atom. The number of hydrogen-bond donors (Lipinski definition) is 1. The van der Waals surface area contributed by atoms with Gasteiger partial charge in [-0.2, -0.15) is 0 Å². The molecular formula is C14H21FN2. The van der Waals surface area contributed by atoms with E-state index < -0.39 is 0 Å². The second-order valence-corrected chi connectivity index (χ2v) is 4.86. The van der Waals surface area contributed by atoms with Crippen molar-refractivity contribution in [3.63, 3.8) is 0 Å². The highest BCUT2D eigenvalue weighted by Crippen LogP contribution is 2.34. The van der Waals surface area contributed by atoms with Crippen molar-refractivity contribution < 1.29 is 4.39 Å². The van der Waals surface area contributed by atoms with Gasteiger partial charge in [0.05, 0.1) is 5.69 Å². The molecule has 1 aliphatic heterocycles. The molecule has 0 aliphatic carbocycles. The largest absolute Gasteiger partial charge is 0.366 e. The predicted octanol–water partition coefficient (Wildman–Crippen LogP) is 3.22. The molecule has 1 aliphatic rings. The Morgan fingerprint density at radius 2 is 2.29 bits per heavy atom. The van der Waals surface area contributed by atoms with Gasteiger partial charge in [0.15, 0.2) is 0 Å². The van der Waals surface area contributed by atoms with Gasteiger partial charge in [-0.1, -0.05) is 19.1 Å². The Bertz CT molecular complexity index is 390.